The second-order valence-corrected chi connectivity index (χ2v) is 3.57. The van der Waals surface area contributed by atoms with Gasteiger partial charge in [0.25, 0.3) is 6.43 Å². The van der Waals surface area contributed by atoms with Crippen LogP contribution in [0.25, 0.3) is 0 Å². The second-order valence-electron chi connectivity index (χ2n) is 3.57. The summed E-state index contributed by atoms with van der Waals surface area (Å²) >= 11 is 0. The molecule has 9 heteroatoms. The monoisotopic (exact) mass is 270 g/mol. The molecule has 0 aliphatic rings. The number of carbonyl (C=O) groups excluding carboxylic acids is 1. The third-order valence-electron chi connectivity index (χ3n) is 2.04. The van der Waals surface area contributed by atoms with Crippen LogP contribution in [0, 0.1) is 0 Å². The van der Waals surface area contributed by atoms with E-state index in [1.807, 2.05) is 5.32 Å². The Morgan fingerprint density at radius 3 is 2.28 bits per heavy atom. The number of nitrogens with one attached hydrogen (secondary N) is 1. The molecule has 7 nitrogen and oxygen atoms in total. The largest absolute Gasteiger partial charge is 0.480 e. The normalized spacial score (nSPS) is 14.1. The number of rotatable bonds is 7. The first kappa shape index (κ1) is 16.5. The van der Waals surface area contributed by atoms with E-state index in [-0.39, 0.29) is 6.54 Å². The molecule has 18 heavy (non-hydrogen) atoms. The zero-order valence-electron chi connectivity index (χ0n) is 9.71. The van der Waals surface area contributed by atoms with Gasteiger partial charge in [0.05, 0.1) is 19.3 Å². The van der Waals surface area contributed by atoms with Crippen LogP contribution in [0.1, 0.15) is 6.92 Å². The van der Waals surface area contributed by atoms with Gasteiger partial charge in [-0.2, -0.15) is 0 Å². The van der Waals surface area contributed by atoms with Crippen LogP contribution < -0.4 is 5.32 Å². The van der Waals surface area contributed by atoms with E-state index in [4.69, 9.17) is 15.3 Å². The van der Waals surface area contributed by atoms with Crippen LogP contribution in [0.4, 0.5) is 13.6 Å². The first-order valence-corrected chi connectivity index (χ1v) is 5.15. The molecule has 0 saturated heterocycles. The number of urea groups is 1. The van der Waals surface area contributed by atoms with E-state index in [1.54, 1.807) is 0 Å². The average molecular weight is 270 g/mol. The fourth-order valence-electron chi connectivity index (χ4n) is 1.18. The Kier molecular flexibility index (Phi) is 7.13. The predicted octanol–water partition coefficient (Wildman–Crippen LogP) is -0.911. The molecule has 4 N–H and O–H groups in total. The first-order chi connectivity index (χ1) is 8.29. The number of carboxylic acid groups (broad SMARTS) is 1. The van der Waals surface area contributed by atoms with Gasteiger partial charge in [0, 0.05) is 6.54 Å². The molecule has 0 aromatic rings. The maximum Gasteiger partial charge on any atom is 0.328 e. The standard InChI is InChI=1S/C9H16F2N2O5/c1-5(15)7(8(16)17)12-9(18)13(2-3-14)4-6(10)11/h5-7,14-15H,2-4H2,1H3,(H,12,18)(H,16,17). The van der Waals surface area contributed by atoms with Gasteiger partial charge in [-0.1, -0.05) is 0 Å². The number of alkyl halides is 2. The summed E-state index contributed by atoms with van der Waals surface area (Å²) in [6, 6.07) is -2.69. The highest BCUT2D eigenvalue weighted by atomic mass is 19.3. The van der Waals surface area contributed by atoms with Gasteiger partial charge in [0.1, 0.15) is 0 Å². The summed E-state index contributed by atoms with van der Waals surface area (Å²) in [5.74, 6) is -1.49. The molecule has 0 rings (SSSR count). The summed E-state index contributed by atoms with van der Waals surface area (Å²) in [6.45, 7) is -0.685. The van der Waals surface area contributed by atoms with Crippen LogP contribution in [0.5, 0.6) is 0 Å². The van der Waals surface area contributed by atoms with Crippen LogP contribution in [0.15, 0.2) is 0 Å². The quantitative estimate of drug-likeness (QED) is 0.478. The van der Waals surface area contributed by atoms with Gasteiger partial charge in [0.2, 0.25) is 0 Å². The molecular formula is C9H16F2N2O5. The van der Waals surface area contributed by atoms with E-state index in [0.717, 1.165) is 6.92 Å². The van der Waals surface area contributed by atoms with Crippen molar-refractivity contribution in [2.75, 3.05) is 19.7 Å². The van der Waals surface area contributed by atoms with E-state index in [2.05, 4.69) is 0 Å². The molecule has 0 fully saturated rings. The molecule has 2 unspecified atom stereocenters. The topological polar surface area (TPSA) is 110 Å². The van der Waals surface area contributed by atoms with Gasteiger partial charge in [-0.3, -0.25) is 0 Å². The number of nitrogens with zero attached hydrogens (tertiary/aromatic N) is 1. The molecule has 0 aromatic carbocycles. The zero-order valence-corrected chi connectivity index (χ0v) is 9.71. The van der Waals surface area contributed by atoms with E-state index in [9.17, 15) is 18.4 Å². The lowest BCUT2D eigenvalue weighted by atomic mass is 10.2. The lowest BCUT2D eigenvalue weighted by Gasteiger charge is -2.25. The predicted molar refractivity (Wildman–Crippen MR) is 56.3 cm³/mol. The molecule has 0 aliphatic carbocycles. The average Bonchev–Trinajstić information content (AvgIpc) is 2.23. The van der Waals surface area contributed by atoms with E-state index >= 15 is 0 Å². The molecule has 0 spiro atoms. The highest BCUT2D eigenvalue weighted by Crippen LogP contribution is 2.01. The minimum Gasteiger partial charge on any atom is -0.480 e. The van der Waals surface area contributed by atoms with Crippen LogP contribution in [-0.4, -0.2) is 70.5 Å². The second kappa shape index (κ2) is 7.77. The van der Waals surface area contributed by atoms with Crippen molar-refractivity contribution in [1.29, 1.82) is 0 Å². The molecule has 0 aliphatic heterocycles. The SMILES string of the molecule is CC(O)C(NC(=O)N(CCO)CC(F)F)C(=O)O. The zero-order chi connectivity index (χ0) is 14.3. The van der Waals surface area contributed by atoms with Crippen molar-refractivity contribution in [3.63, 3.8) is 0 Å². The number of aliphatic carboxylic acids is 1. The Morgan fingerprint density at radius 1 is 1.39 bits per heavy atom. The highest BCUT2D eigenvalue weighted by molar-refractivity contribution is 5.83. The minimum absolute atomic E-state index is 0.359. The molecule has 0 saturated carbocycles. The molecular weight excluding hydrogens is 254 g/mol. The van der Waals surface area contributed by atoms with Crippen molar-refractivity contribution in [3.8, 4) is 0 Å². The molecule has 2 amide bonds. The number of aliphatic hydroxyl groups is 2. The number of carbonyl (C=O) groups is 2. The Labute approximate surface area is 102 Å². The van der Waals surface area contributed by atoms with E-state index in [1.165, 1.54) is 0 Å². The van der Waals surface area contributed by atoms with Gasteiger partial charge < -0.3 is 25.5 Å². The van der Waals surface area contributed by atoms with Gasteiger partial charge in [-0.05, 0) is 6.92 Å². The van der Waals surface area contributed by atoms with Crippen molar-refractivity contribution in [3.05, 3.63) is 0 Å². The number of hydrogen-bond acceptors (Lipinski definition) is 4. The summed E-state index contributed by atoms with van der Waals surface area (Å²) in [5, 5.41) is 28.3. The van der Waals surface area contributed by atoms with Crippen molar-refractivity contribution in [2.45, 2.75) is 25.5 Å². The van der Waals surface area contributed by atoms with Crippen LogP contribution in [0.3, 0.4) is 0 Å². The number of amides is 2. The fourth-order valence-corrected chi connectivity index (χ4v) is 1.18. The summed E-state index contributed by atoms with van der Waals surface area (Å²) < 4.78 is 24.3. The van der Waals surface area contributed by atoms with Gasteiger partial charge >= 0.3 is 12.0 Å². The lowest BCUT2D eigenvalue weighted by Crippen LogP contribution is -2.53. The number of aliphatic hydroxyl groups excluding tert-OH is 2. The Balaban J connectivity index is 4.61. The third kappa shape index (κ3) is 5.73. The Morgan fingerprint density at radius 2 is 1.94 bits per heavy atom. The third-order valence-corrected chi connectivity index (χ3v) is 2.04. The Hall–Kier alpha value is -1.48. The van der Waals surface area contributed by atoms with E-state index < -0.39 is 43.7 Å². The first-order valence-electron chi connectivity index (χ1n) is 5.15. The smallest absolute Gasteiger partial charge is 0.328 e. The molecule has 0 bridgehead atoms. The van der Waals surface area contributed by atoms with Crippen molar-refractivity contribution in [2.24, 2.45) is 0 Å². The van der Waals surface area contributed by atoms with Crippen LogP contribution >= 0.6 is 0 Å². The summed E-state index contributed by atoms with van der Waals surface area (Å²) in [7, 11) is 0. The van der Waals surface area contributed by atoms with Gasteiger partial charge in [0.15, 0.2) is 6.04 Å². The van der Waals surface area contributed by atoms with Crippen LogP contribution in [0.2, 0.25) is 0 Å². The lowest BCUT2D eigenvalue weighted by molar-refractivity contribution is -0.141. The van der Waals surface area contributed by atoms with E-state index in [0.29, 0.717) is 4.90 Å². The molecule has 2 atom stereocenters. The molecule has 106 valence electrons. The van der Waals surface area contributed by atoms with Crippen molar-refractivity contribution >= 4 is 12.0 Å². The molecule has 0 aromatic heterocycles. The summed E-state index contributed by atoms with van der Waals surface area (Å²) in [5.41, 5.74) is 0. The highest BCUT2D eigenvalue weighted by Gasteiger charge is 2.27. The van der Waals surface area contributed by atoms with Crippen LogP contribution in [-0.2, 0) is 4.79 Å². The molecule has 0 radical (unpaired) electrons. The summed E-state index contributed by atoms with van der Waals surface area (Å²) in [6.07, 6.45) is -4.19. The van der Waals surface area contributed by atoms with Gasteiger partial charge in [-0.15, -0.1) is 0 Å². The van der Waals surface area contributed by atoms with Crippen molar-refractivity contribution < 1.29 is 33.7 Å². The van der Waals surface area contributed by atoms with Crippen molar-refractivity contribution in [1.82, 2.24) is 10.2 Å². The maximum absolute atomic E-state index is 12.2. The number of hydrogen-bond donors (Lipinski definition) is 4. The number of halogens is 2. The van der Waals surface area contributed by atoms with Gasteiger partial charge in [-0.25, -0.2) is 18.4 Å². The number of carboxylic acids is 1. The molecule has 0 heterocycles. The summed E-state index contributed by atoms with van der Waals surface area (Å²) in [4.78, 5) is 22.7. The Bertz CT molecular complexity index is 288. The maximum atomic E-state index is 12.2. The minimum atomic E-state index is -2.81. The fraction of sp³-hybridized carbons (Fsp3) is 0.778.